The zero-order chi connectivity index (χ0) is 23.1. The highest BCUT2D eigenvalue weighted by atomic mass is 32.1. The Morgan fingerprint density at radius 3 is 2.48 bits per heavy atom. The Kier molecular flexibility index (Phi) is 5.61. The first-order valence-corrected chi connectivity index (χ1v) is 8.92. The first-order chi connectivity index (χ1) is 14.2. The quantitative estimate of drug-likeness (QED) is 0.366. The number of alkyl halides is 8. The van der Waals surface area contributed by atoms with E-state index in [1.54, 1.807) is 0 Å². The molecule has 1 aliphatic heterocycles. The van der Waals surface area contributed by atoms with Crippen LogP contribution in [-0.4, -0.2) is 35.1 Å². The second kappa shape index (κ2) is 7.53. The van der Waals surface area contributed by atoms with Crippen LogP contribution in [0.5, 0.6) is 5.75 Å². The van der Waals surface area contributed by atoms with Crippen molar-refractivity contribution in [2.24, 2.45) is 4.99 Å². The number of aliphatic imine (C=N–C) groups is 1. The fourth-order valence-corrected chi connectivity index (χ4v) is 3.14. The molecule has 2 heterocycles. The molecule has 1 aliphatic carbocycles. The normalized spacial score (nSPS) is 29.5. The van der Waals surface area contributed by atoms with Crippen molar-refractivity contribution in [2.45, 2.75) is 36.0 Å². The average Bonchev–Trinajstić information content (AvgIpc) is 2.70. The van der Waals surface area contributed by atoms with Crippen LogP contribution in [0.4, 0.5) is 35.1 Å². The van der Waals surface area contributed by atoms with E-state index in [2.05, 4.69) is 27.9 Å². The van der Waals surface area contributed by atoms with Gasteiger partial charge in [-0.25, -0.2) is 0 Å². The predicted molar refractivity (Wildman–Crippen MR) is 97.9 cm³/mol. The van der Waals surface area contributed by atoms with Gasteiger partial charge in [0.05, 0.1) is 10.5 Å². The van der Waals surface area contributed by atoms with Crippen LogP contribution >= 0.6 is 12.6 Å². The third-order valence-corrected chi connectivity index (χ3v) is 4.93. The van der Waals surface area contributed by atoms with Gasteiger partial charge in [-0.1, -0.05) is 6.08 Å². The minimum atomic E-state index is -5.34. The molecule has 1 aromatic rings. The number of halogens is 8. The Bertz CT molecular complexity index is 975. The molecule has 0 saturated heterocycles. The van der Waals surface area contributed by atoms with Crippen LogP contribution < -0.4 is 10.1 Å². The van der Waals surface area contributed by atoms with E-state index in [0.29, 0.717) is 12.2 Å². The Hall–Kier alpha value is -2.57. The van der Waals surface area contributed by atoms with Crippen molar-refractivity contribution in [3.8, 4) is 5.75 Å². The molecule has 0 spiro atoms. The molecule has 0 radical (unpaired) electrons. The van der Waals surface area contributed by atoms with Gasteiger partial charge in [-0.3, -0.25) is 9.98 Å². The van der Waals surface area contributed by atoms with Crippen LogP contribution in [-0.2, 0) is 5.66 Å². The maximum Gasteiger partial charge on any atom is 0.409 e. The SMILES string of the molecule is FC(F)(F)C=CC1(c2cnccc2OC2(F)C(S)=CCC(F)(F)C2(F)F)N=CC=CN1. The summed E-state index contributed by atoms with van der Waals surface area (Å²) in [5.74, 6) is -15.4. The molecule has 2 aliphatic rings. The summed E-state index contributed by atoms with van der Waals surface area (Å²) < 4.78 is 115. The van der Waals surface area contributed by atoms with Crippen LogP contribution in [0, 0.1) is 0 Å². The maximum absolute atomic E-state index is 15.3. The van der Waals surface area contributed by atoms with Gasteiger partial charge < -0.3 is 10.1 Å². The summed E-state index contributed by atoms with van der Waals surface area (Å²) in [6, 6.07) is 0.833. The monoisotopic (exact) mass is 471 g/mol. The van der Waals surface area contributed by atoms with Gasteiger partial charge in [-0.2, -0.15) is 35.1 Å². The van der Waals surface area contributed by atoms with Gasteiger partial charge in [0.1, 0.15) is 5.75 Å². The van der Waals surface area contributed by atoms with Gasteiger partial charge in [0.15, 0.2) is 5.66 Å². The highest BCUT2D eigenvalue weighted by molar-refractivity contribution is 7.84. The largest absolute Gasteiger partial charge is 0.448 e. The minimum Gasteiger partial charge on any atom is -0.448 e. The molecule has 168 valence electrons. The summed E-state index contributed by atoms with van der Waals surface area (Å²) in [7, 11) is 0. The first-order valence-electron chi connectivity index (χ1n) is 8.47. The Morgan fingerprint density at radius 2 is 1.87 bits per heavy atom. The van der Waals surface area contributed by atoms with Gasteiger partial charge in [-0.05, 0) is 18.2 Å². The van der Waals surface area contributed by atoms with Gasteiger partial charge in [0, 0.05) is 37.3 Å². The van der Waals surface area contributed by atoms with E-state index in [4.69, 9.17) is 4.74 Å². The highest BCUT2D eigenvalue weighted by Crippen LogP contribution is 2.55. The summed E-state index contributed by atoms with van der Waals surface area (Å²) in [6.07, 6.45) is -0.0652. The molecule has 31 heavy (non-hydrogen) atoms. The van der Waals surface area contributed by atoms with Crippen molar-refractivity contribution < 1.29 is 39.9 Å². The molecule has 1 N–H and O–H groups in total. The molecule has 0 aromatic carbocycles. The smallest absolute Gasteiger partial charge is 0.409 e. The number of allylic oxidation sites excluding steroid dienone is 3. The van der Waals surface area contributed by atoms with E-state index in [1.807, 2.05) is 0 Å². The number of hydrogen-bond acceptors (Lipinski definition) is 5. The number of hydrogen-bond donors (Lipinski definition) is 2. The topological polar surface area (TPSA) is 46.5 Å². The van der Waals surface area contributed by atoms with Crippen molar-refractivity contribution >= 4 is 18.8 Å². The fourth-order valence-electron chi connectivity index (χ4n) is 2.86. The molecule has 1 aromatic heterocycles. The Labute approximate surface area is 175 Å². The number of ether oxygens (including phenoxy) is 1. The van der Waals surface area contributed by atoms with Crippen molar-refractivity contribution in [3.05, 3.63) is 59.4 Å². The molecule has 0 bridgehead atoms. The van der Waals surface area contributed by atoms with Gasteiger partial charge in [-0.15, -0.1) is 12.6 Å². The summed E-state index contributed by atoms with van der Waals surface area (Å²) in [4.78, 5) is 6.44. The van der Waals surface area contributed by atoms with Crippen LogP contribution in [0.3, 0.4) is 0 Å². The average molecular weight is 471 g/mol. The van der Waals surface area contributed by atoms with Crippen molar-refractivity contribution in [3.63, 3.8) is 0 Å². The van der Waals surface area contributed by atoms with E-state index >= 15 is 4.39 Å². The molecular weight excluding hydrogens is 458 g/mol. The van der Waals surface area contributed by atoms with E-state index in [1.165, 1.54) is 12.3 Å². The lowest BCUT2D eigenvalue weighted by molar-refractivity contribution is -0.311. The second-order valence-electron chi connectivity index (χ2n) is 6.56. The molecule has 0 amide bonds. The number of rotatable bonds is 4. The van der Waals surface area contributed by atoms with Gasteiger partial charge in [0.2, 0.25) is 0 Å². The first kappa shape index (κ1) is 23.1. The highest BCUT2D eigenvalue weighted by Gasteiger charge is 2.74. The van der Waals surface area contributed by atoms with Gasteiger partial charge >= 0.3 is 23.9 Å². The van der Waals surface area contributed by atoms with E-state index in [9.17, 15) is 30.7 Å². The zero-order valence-corrected chi connectivity index (χ0v) is 16.1. The molecule has 2 atom stereocenters. The second-order valence-corrected chi connectivity index (χ2v) is 7.05. The van der Waals surface area contributed by atoms with Gasteiger partial charge in [0.25, 0.3) is 0 Å². The standard InChI is InChI=1S/C18H13F8N3OS/c19-15(20)4-2-13(31)17(24,18(15,25)26)30-12-3-9-27-10-11(12)14(5-6-16(21,22)23)28-7-1-8-29-14/h1-3,5-10,28,31H,4H2. The number of nitrogens with zero attached hydrogens (tertiary/aromatic N) is 2. The molecule has 0 saturated carbocycles. The van der Waals surface area contributed by atoms with E-state index < -0.39 is 52.2 Å². The molecular formula is C18H13F8N3OS. The lowest BCUT2D eigenvalue weighted by Gasteiger charge is -2.41. The third kappa shape index (κ3) is 4.02. The molecule has 3 rings (SSSR count). The molecule has 4 nitrogen and oxygen atoms in total. The number of nitrogens with one attached hydrogen (secondary N) is 1. The van der Waals surface area contributed by atoms with Crippen molar-refractivity contribution in [1.29, 1.82) is 0 Å². The predicted octanol–water partition coefficient (Wildman–Crippen LogP) is 5.07. The Morgan fingerprint density at radius 1 is 1.16 bits per heavy atom. The summed E-state index contributed by atoms with van der Waals surface area (Å²) in [5, 5.41) is 2.48. The lowest BCUT2D eigenvalue weighted by Crippen LogP contribution is -2.61. The summed E-state index contributed by atoms with van der Waals surface area (Å²) in [6.45, 7) is 0. The maximum atomic E-state index is 15.3. The van der Waals surface area contributed by atoms with Crippen LogP contribution in [0.25, 0.3) is 0 Å². The molecule has 13 heteroatoms. The van der Waals surface area contributed by atoms with Crippen molar-refractivity contribution in [1.82, 2.24) is 10.3 Å². The van der Waals surface area contributed by atoms with Crippen LogP contribution in [0.2, 0.25) is 0 Å². The van der Waals surface area contributed by atoms with Crippen LogP contribution in [0.15, 0.2) is 58.9 Å². The lowest BCUT2D eigenvalue weighted by atomic mass is 9.93. The number of aromatic nitrogens is 1. The Balaban J connectivity index is 2.13. The molecule has 0 fully saturated rings. The minimum absolute atomic E-state index is 0.189. The van der Waals surface area contributed by atoms with Crippen molar-refractivity contribution in [2.75, 3.05) is 0 Å². The number of pyridine rings is 1. The summed E-state index contributed by atoms with van der Waals surface area (Å²) >= 11 is 3.54. The zero-order valence-electron chi connectivity index (χ0n) is 15.2. The molecule has 2 unspecified atom stereocenters. The number of thiol groups is 1. The fraction of sp³-hybridized carbons (Fsp3) is 0.333. The van der Waals surface area contributed by atoms with E-state index in [0.717, 1.165) is 24.7 Å². The van der Waals surface area contributed by atoms with Crippen LogP contribution in [0.1, 0.15) is 12.0 Å². The third-order valence-electron chi connectivity index (χ3n) is 4.46. The van der Waals surface area contributed by atoms with E-state index in [-0.39, 0.29) is 6.08 Å². The summed E-state index contributed by atoms with van der Waals surface area (Å²) in [5.41, 5.74) is -2.55.